The van der Waals surface area contributed by atoms with E-state index in [9.17, 15) is 4.79 Å². The molecule has 3 aromatic rings. The van der Waals surface area contributed by atoms with Crippen molar-refractivity contribution >= 4 is 17.1 Å². The monoisotopic (exact) mass is 334 g/mol. The fourth-order valence-corrected chi connectivity index (χ4v) is 2.88. The van der Waals surface area contributed by atoms with Crippen molar-refractivity contribution in [2.75, 3.05) is 13.2 Å². The Hall–Kier alpha value is -2.81. The van der Waals surface area contributed by atoms with Crippen LogP contribution in [-0.4, -0.2) is 19.5 Å². The first-order valence-corrected chi connectivity index (χ1v) is 8.63. The normalized spacial score (nSPS) is 10.6. The SMILES string of the molecule is CCCc1ccc(OCCOc2ccc3ccccc3c2C=O)cc1. The van der Waals surface area contributed by atoms with Crippen LogP contribution in [0.1, 0.15) is 29.3 Å². The summed E-state index contributed by atoms with van der Waals surface area (Å²) in [5.41, 5.74) is 1.90. The lowest BCUT2D eigenvalue weighted by Crippen LogP contribution is -2.10. The molecular weight excluding hydrogens is 312 g/mol. The van der Waals surface area contributed by atoms with Gasteiger partial charge in [0, 0.05) is 0 Å². The maximum atomic E-state index is 11.5. The van der Waals surface area contributed by atoms with Gasteiger partial charge in [0.15, 0.2) is 6.29 Å². The van der Waals surface area contributed by atoms with Gasteiger partial charge in [-0.1, -0.05) is 55.8 Å². The zero-order valence-corrected chi connectivity index (χ0v) is 14.4. The molecule has 0 saturated heterocycles. The van der Waals surface area contributed by atoms with Crippen LogP contribution < -0.4 is 9.47 Å². The zero-order valence-electron chi connectivity index (χ0n) is 14.4. The summed E-state index contributed by atoms with van der Waals surface area (Å²) in [6, 6.07) is 19.7. The second-order valence-corrected chi connectivity index (χ2v) is 5.91. The third-order valence-electron chi connectivity index (χ3n) is 4.12. The van der Waals surface area contributed by atoms with Crippen molar-refractivity contribution in [3.8, 4) is 11.5 Å². The minimum absolute atomic E-state index is 0.385. The average molecular weight is 334 g/mol. The number of rotatable bonds is 8. The highest BCUT2D eigenvalue weighted by molar-refractivity contribution is 6.00. The van der Waals surface area contributed by atoms with Gasteiger partial charge in [-0.25, -0.2) is 0 Å². The third-order valence-corrected chi connectivity index (χ3v) is 4.12. The van der Waals surface area contributed by atoms with Crippen LogP contribution in [0.25, 0.3) is 10.8 Å². The van der Waals surface area contributed by atoms with Gasteiger partial charge in [0.2, 0.25) is 0 Å². The Kier molecular flexibility index (Phi) is 5.68. The van der Waals surface area contributed by atoms with E-state index in [1.54, 1.807) is 0 Å². The van der Waals surface area contributed by atoms with E-state index in [-0.39, 0.29) is 0 Å². The van der Waals surface area contributed by atoms with Gasteiger partial charge in [-0.3, -0.25) is 4.79 Å². The van der Waals surface area contributed by atoms with Crippen LogP contribution in [0, 0.1) is 0 Å². The summed E-state index contributed by atoms with van der Waals surface area (Å²) in [7, 11) is 0. The van der Waals surface area contributed by atoms with Gasteiger partial charge in [0.05, 0.1) is 5.56 Å². The summed E-state index contributed by atoms with van der Waals surface area (Å²) >= 11 is 0. The second-order valence-electron chi connectivity index (χ2n) is 5.91. The van der Waals surface area contributed by atoms with Gasteiger partial charge in [0.25, 0.3) is 0 Å². The Labute approximate surface area is 148 Å². The van der Waals surface area contributed by atoms with Crippen LogP contribution >= 0.6 is 0 Å². The van der Waals surface area contributed by atoms with Crippen LogP contribution in [0.4, 0.5) is 0 Å². The fourth-order valence-electron chi connectivity index (χ4n) is 2.88. The van der Waals surface area contributed by atoms with E-state index in [0.29, 0.717) is 24.5 Å². The molecule has 0 N–H and O–H groups in total. The van der Waals surface area contributed by atoms with Gasteiger partial charge in [-0.05, 0) is 41.0 Å². The minimum Gasteiger partial charge on any atom is -0.490 e. The Bertz CT molecular complexity index is 838. The summed E-state index contributed by atoms with van der Waals surface area (Å²) in [6.45, 7) is 2.98. The molecule has 0 unspecified atom stereocenters. The highest BCUT2D eigenvalue weighted by Gasteiger charge is 2.08. The van der Waals surface area contributed by atoms with Crippen LogP contribution in [0.15, 0.2) is 60.7 Å². The number of aryl methyl sites for hydroxylation is 1. The molecule has 0 heterocycles. The topological polar surface area (TPSA) is 35.5 Å². The van der Waals surface area contributed by atoms with Crippen LogP contribution in [0.5, 0.6) is 11.5 Å². The molecule has 0 aliphatic carbocycles. The van der Waals surface area contributed by atoms with Crippen molar-refractivity contribution in [3.63, 3.8) is 0 Å². The maximum absolute atomic E-state index is 11.5. The van der Waals surface area contributed by atoms with Crippen molar-refractivity contribution in [2.24, 2.45) is 0 Å². The second kappa shape index (κ2) is 8.34. The predicted molar refractivity (Wildman–Crippen MR) is 101 cm³/mol. The number of hydrogen-bond donors (Lipinski definition) is 0. The van der Waals surface area contributed by atoms with E-state index in [1.165, 1.54) is 5.56 Å². The molecule has 3 aromatic carbocycles. The zero-order chi connectivity index (χ0) is 17.5. The lowest BCUT2D eigenvalue weighted by Gasteiger charge is -2.12. The number of hydrogen-bond acceptors (Lipinski definition) is 3. The largest absolute Gasteiger partial charge is 0.490 e. The molecule has 0 aliphatic rings. The molecule has 0 atom stereocenters. The van der Waals surface area contributed by atoms with Crippen molar-refractivity contribution in [1.29, 1.82) is 0 Å². The summed E-state index contributed by atoms with van der Waals surface area (Å²) in [4.78, 5) is 11.5. The summed E-state index contributed by atoms with van der Waals surface area (Å²) in [6.07, 6.45) is 3.07. The van der Waals surface area contributed by atoms with Crippen molar-refractivity contribution in [1.82, 2.24) is 0 Å². The van der Waals surface area contributed by atoms with E-state index in [2.05, 4.69) is 19.1 Å². The van der Waals surface area contributed by atoms with E-state index < -0.39 is 0 Å². The third kappa shape index (κ3) is 4.18. The molecule has 0 spiro atoms. The Morgan fingerprint density at radius 1 is 0.880 bits per heavy atom. The minimum atomic E-state index is 0.385. The van der Waals surface area contributed by atoms with Crippen LogP contribution in [0.2, 0.25) is 0 Å². The van der Waals surface area contributed by atoms with Crippen LogP contribution in [0.3, 0.4) is 0 Å². The number of aldehydes is 1. The summed E-state index contributed by atoms with van der Waals surface area (Å²) in [5.74, 6) is 1.42. The fraction of sp³-hybridized carbons (Fsp3) is 0.227. The molecule has 3 nitrogen and oxygen atoms in total. The van der Waals surface area contributed by atoms with Gasteiger partial charge in [-0.15, -0.1) is 0 Å². The molecule has 3 heteroatoms. The Morgan fingerprint density at radius 3 is 2.40 bits per heavy atom. The van der Waals surface area contributed by atoms with Gasteiger partial charge in [0.1, 0.15) is 24.7 Å². The van der Waals surface area contributed by atoms with Crippen molar-refractivity contribution in [3.05, 3.63) is 71.8 Å². The molecule has 0 saturated carbocycles. The van der Waals surface area contributed by atoms with E-state index >= 15 is 0 Å². The molecule has 0 bridgehead atoms. The van der Waals surface area contributed by atoms with E-state index in [0.717, 1.165) is 35.6 Å². The molecular formula is C22H22O3. The maximum Gasteiger partial charge on any atom is 0.154 e. The van der Waals surface area contributed by atoms with Gasteiger partial charge < -0.3 is 9.47 Å². The van der Waals surface area contributed by atoms with E-state index in [4.69, 9.17) is 9.47 Å². The molecule has 0 aliphatic heterocycles. The molecule has 0 aromatic heterocycles. The first kappa shape index (κ1) is 17.0. The number of ether oxygens (including phenoxy) is 2. The van der Waals surface area contributed by atoms with Crippen molar-refractivity contribution in [2.45, 2.75) is 19.8 Å². The predicted octanol–water partition coefficient (Wildman–Crippen LogP) is 5.06. The quantitative estimate of drug-likeness (QED) is 0.426. The highest BCUT2D eigenvalue weighted by atomic mass is 16.5. The smallest absolute Gasteiger partial charge is 0.154 e. The molecule has 0 radical (unpaired) electrons. The van der Waals surface area contributed by atoms with E-state index in [1.807, 2.05) is 48.5 Å². The number of carbonyl (C=O) groups is 1. The highest BCUT2D eigenvalue weighted by Crippen LogP contribution is 2.26. The van der Waals surface area contributed by atoms with Crippen molar-refractivity contribution < 1.29 is 14.3 Å². The van der Waals surface area contributed by atoms with Gasteiger partial charge in [-0.2, -0.15) is 0 Å². The first-order chi connectivity index (χ1) is 12.3. The molecule has 0 amide bonds. The number of benzene rings is 3. The molecule has 3 rings (SSSR count). The average Bonchev–Trinajstić information content (AvgIpc) is 2.66. The number of fused-ring (bicyclic) bond motifs is 1. The lowest BCUT2D eigenvalue weighted by molar-refractivity contribution is 0.112. The molecule has 0 fully saturated rings. The first-order valence-electron chi connectivity index (χ1n) is 8.63. The van der Waals surface area contributed by atoms with Gasteiger partial charge >= 0.3 is 0 Å². The number of carbonyl (C=O) groups excluding carboxylic acids is 1. The van der Waals surface area contributed by atoms with Crippen LogP contribution in [-0.2, 0) is 6.42 Å². The molecule has 128 valence electrons. The summed E-state index contributed by atoms with van der Waals surface area (Å²) < 4.78 is 11.5. The Balaban J connectivity index is 1.58. The Morgan fingerprint density at radius 2 is 1.64 bits per heavy atom. The molecule has 25 heavy (non-hydrogen) atoms. The lowest BCUT2D eigenvalue weighted by atomic mass is 10.0. The standard InChI is InChI=1S/C22H22O3/c1-2-5-17-8-11-19(12-9-17)24-14-15-25-22-13-10-18-6-3-4-7-20(18)21(22)16-23/h3-4,6-13,16H,2,5,14-15H2,1H3. The summed E-state index contributed by atoms with van der Waals surface area (Å²) in [5, 5.41) is 1.93.